The van der Waals surface area contributed by atoms with E-state index in [0.29, 0.717) is 12.2 Å². The van der Waals surface area contributed by atoms with E-state index < -0.39 is 0 Å². The number of para-hydroxylation sites is 1. The van der Waals surface area contributed by atoms with E-state index in [9.17, 15) is 0 Å². The largest absolute Gasteiger partial charge is 0.488 e. The Labute approximate surface area is 109 Å². The maximum Gasteiger partial charge on any atom is 0.133 e. The first-order valence-corrected chi connectivity index (χ1v) is 5.95. The molecule has 0 saturated heterocycles. The van der Waals surface area contributed by atoms with Gasteiger partial charge in [0.1, 0.15) is 12.4 Å². The van der Waals surface area contributed by atoms with Crippen LogP contribution in [0.25, 0.3) is 0 Å². The van der Waals surface area contributed by atoms with E-state index in [-0.39, 0.29) is 0 Å². The van der Waals surface area contributed by atoms with E-state index in [2.05, 4.69) is 22.0 Å². The highest BCUT2D eigenvalue weighted by atomic mass is 79.9. The minimum atomic E-state index is 0.494. The molecule has 84 valence electrons. The van der Waals surface area contributed by atoms with Crippen LogP contribution >= 0.6 is 15.9 Å². The van der Waals surface area contributed by atoms with Crippen LogP contribution in [0.1, 0.15) is 11.1 Å². The summed E-state index contributed by atoms with van der Waals surface area (Å²) in [5.74, 6) is 0.817. The van der Waals surface area contributed by atoms with Crippen molar-refractivity contribution < 1.29 is 4.74 Å². The standard InChI is InChI=1S/C14H10BrNO/c15-13-3-1-2-4-14(13)17-10-12-7-5-11(9-16)6-8-12/h1-8H,10H2. The van der Waals surface area contributed by atoms with Crippen LogP contribution in [0.15, 0.2) is 53.0 Å². The number of ether oxygens (including phenoxy) is 1. The molecule has 0 aromatic heterocycles. The number of nitrogens with zero attached hydrogens (tertiary/aromatic N) is 1. The molecule has 0 aliphatic rings. The maximum absolute atomic E-state index is 8.69. The predicted molar refractivity (Wildman–Crippen MR) is 69.6 cm³/mol. The quantitative estimate of drug-likeness (QED) is 0.858. The van der Waals surface area contributed by atoms with Crippen molar-refractivity contribution >= 4 is 15.9 Å². The molecule has 17 heavy (non-hydrogen) atoms. The smallest absolute Gasteiger partial charge is 0.133 e. The van der Waals surface area contributed by atoms with Gasteiger partial charge < -0.3 is 4.74 Å². The Morgan fingerprint density at radius 3 is 2.41 bits per heavy atom. The molecule has 0 amide bonds. The van der Waals surface area contributed by atoms with Crippen molar-refractivity contribution in [1.82, 2.24) is 0 Å². The van der Waals surface area contributed by atoms with Crippen LogP contribution in [-0.2, 0) is 6.61 Å². The van der Waals surface area contributed by atoms with Crippen LogP contribution in [0.2, 0.25) is 0 Å². The lowest BCUT2D eigenvalue weighted by atomic mass is 10.2. The van der Waals surface area contributed by atoms with Gasteiger partial charge in [0.2, 0.25) is 0 Å². The van der Waals surface area contributed by atoms with Gasteiger partial charge in [0.15, 0.2) is 0 Å². The van der Waals surface area contributed by atoms with Gasteiger partial charge >= 0.3 is 0 Å². The molecule has 0 spiro atoms. The van der Waals surface area contributed by atoms with Gasteiger partial charge in [-0.05, 0) is 45.8 Å². The molecule has 0 aliphatic carbocycles. The Morgan fingerprint density at radius 1 is 1.06 bits per heavy atom. The Bertz CT molecular complexity index is 543. The molecule has 0 saturated carbocycles. The molecule has 0 fully saturated rings. The van der Waals surface area contributed by atoms with E-state index in [0.717, 1.165) is 15.8 Å². The zero-order chi connectivity index (χ0) is 12.1. The highest BCUT2D eigenvalue weighted by Gasteiger charge is 2.00. The molecule has 2 rings (SSSR count). The highest BCUT2D eigenvalue weighted by Crippen LogP contribution is 2.24. The lowest BCUT2D eigenvalue weighted by molar-refractivity contribution is 0.304. The van der Waals surface area contributed by atoms with Crippen molar-refractivity contribution in [1.29, 1.82) is 5.26 Å². The molecule has 0 N–H and O–H groups in total. The minimum absolute atomic E-state index is 0.494. The second-order valence-electron chi connectivity index (χ2n) is 3.53. The normalized spacial score (nSPS) is 9.65. The topological polar surface area (TPSA) is 33.0 Å². The van der Waals surface area contributed by atoms with Crippen molar-refractivity contribution in [3.8, 4) is 11.8 Å². The molecule has 0 heterocycles. The summed E-state index contributed by atoms with van der Waals surface area (Å²) >= 11 is 3.42. The summed E-state index contributed by atoms with van der Waals surface area (Å²) in [6.45, 7) is 0.494. The number of hydrogen-bond donors (Lipinski definition) is 0. The first-order valence-electron chi connectivity index (χ1n) is 5.16. The number of halogens is 1. The fourth-order valence-corrected chi connectivity index (χ4v) is 1.80. The van der Waals surface area contributed by atoms with Crippen molar-refractivity contribution in [2.75, 3.05) is 0 Å². The monoisotopic (exact) mass is 287 g/mol. The van der Waals surface area contributed by atoms with Crippen LogP contribution in [0.5, 0.6) is 5.75 Å². The molecule has 2 aromatic carbocycles. The van der Waals surface area contributed by atoms with Crippen molar-refractivity contribution in [2.24, 2.45) is 0 Å². The molecule has 0 radical (unpaired) electrons. The summed E-state index contributed by atoms with van der Waals surface area (Å²) in [7, 11) is 0. The maximum atomic E-state index is 8.69. The fourth-order valence-electron chi connectivity index (χ4n) is 1.40. The summed E-state index contributed by atoms with van der Waals surface area (Å²) in [4.78, 5) is 0. The highest BCUT2D eigenvalue weighted by molar-refractivity contribution is 9.10. The molecule has 0 unspecified atom stereocenters. The fraction of sp³-hybridized carbons (Fsp3) is 0.0714. The van der Waals surface area contributed by atoms with Gasteiger partial charge in [0.25, 0.3) is 0 Å². The van der Waals surface area contributed by atoms with E-state index in [1.807, 2.05) is 36.4 Å². The van der Waals surface area contributed by atoms with Gasteiger partial charge in [-0.3, -0.25) is 0 Å². The van der Waals surface area contributed by atoms with Crippen molar-refractivity contribution in [2.45, 2.75) is 6.61 Å². The van der Waals surface area contributed by atoms with E-state index >= 15 is 0 Å². The lowest BCUT2D eigenvalue weighted by Gasteiger charge is -2.07. The number of benzene rings is 2. The molecule has 2 aromatic rings. The van der Waals surface area contributed by atoms with Crippen LogP contribution in [0.4, 0.5) is 0 Å². The van der Waals surface area contributed by atoms with Crippen molar-refractivity contribution in [3.63, 3.8) is 0 Å². The Kier molecular flexibility index (Phi) is 3.79. The zero-order valence-electron chi connectivity index (χ0n) is 9.06. The van der Waals surface area contributed by atoms with E-state index in [1.54, 1.807) is 12.1 Å². The van der Waals surface area contributed by atoms with Gasteiger partial charge in [-0.15, -0.1) is 0 Å². The van der Waals surface area contributed by atoms with E-state index in [4.69, 9.17) is 10.00 Å². The van der Waals surface area contributed by atoms with Gasteiger partial charge in [0.05, 0.1) is 16.1 Å². The molecule has 3 heteroatoms. The summed E-state index contributed by atoms with van der Waals surface area (Å²) in [5, 5.41) is 8.69. The SMILES string of the molecule is N#Cc1ccc(COc2ccccc2Br)cc1. The Balaban J connectivity index is 2.03. The summed E-state index contributed by atoms with van der Waals surface area (Å²) in [6.07, 6.45) is 0. The first kappa shape index (κ1) is 11.7. The third-order valence-electron chi connectivity index (χ3n) is 2.31. The minimum Gasteiger partial charge on any atom is -0.488 e. The summed E-state index contributed by atoms with van der Waals surface area (Å²) in [6, 6.07) is 17.2. The Morgan fingerprint density at radius 2 is 1.76 bits per heavy atom. The average molecular weight is 288 g/mol. The summed E-state index contributed by atoms with van der Waals surface area (Å²) < 4.78 is 6.61. The van der Waals surface area contributed by atoms with Crippen LogP contribution in [0, 0.1) is 11.3 Å². The van der Waals surface area contributed by atoms with Gasteiger partial charge in [-0.25, -0.2) is 0 Å². The molecule has 0 bridgehead atoms. The third-order valence-corrected chi connectivity index (χ3v) is 2.97. The second kappa shape index (κ2) is 5.51. The van der Waals surface area contributed by atoms with Gasteiger partial charge in [-0.1, -0.05) is 24.3 Å². The molecule has 2 nitrogen and oxygen atoms in total. The first-order chi connectivity index (χ1) is 8.29. The lowest BCUT2D eigenvalue weighted by Crippen LogP contribution is -1.95. The second-order valence-corrected chi connectivity index (χ2v) is 4.38. The average Bonchev–Trinajstić information content (AvgIpc) is 2.38. The zero-order valence-corrected chi connectivity index (χ0v) is 10.6. The number of nitriles is 1. The third kappa shape index (κ3) is 3.08. The van der Waals surface area contributed by atoms with Crippen LogP contribution in [-0.4, -0.2) is 0 Å². The predicted octanol–water partition coefficient (Wildman–Crippen LogP) is 3.90. The van der Waals surface area contributed by atoms with Crippen molar-refractivity contribution in [3.05, 3.63) is 64.1 Å². The molecule has 0 aliphatic heterocycles. The van der Waals surface area contributed by atoms with Gasteiger partial charge in [-0.2, -0.15) is 5.26 Å². The van der Waals surface area contributed by atoms with Crippen LogP contribution in [0.3, 0.4) is 0 Å². The Hall–Kier alpha value is -1.79. The van der Waals surface area contributed by atoms with Gasteiger partial charge in [0, 0.05) is 0 Å². The number of rotatable bonds is 3. The molecule has 0 atom stereocenters. The molecular formula is C14H10BrNO. The van der Waals surface area contributed by atoms with E-state index in [1.165, 1.54) is 0 Å². The van der Waals surface area contributed by atoms with Crippen LogP contribution < -0.4 is 4.74 Å². The summed E-state index contributed by atoms with van der Waals surface area (Å²) in [5.41, 5.74) is 1.70. The molecular weight excluding hydrogens is 278 g/mol. The number of hydrogen-bond acceptors (Lipinski definition) is 2.